The molecule has 68 heavy (non-hydrogen) atoms. The molecule has 0 aliphatic carbocycles. The quantitative estimate of drug-likeness (QED) is 0.167. The van der Waals surface area contributed by atoms with Crippen LogP contribution in [0.25, 0.3) is 116 Å². The van der Waals surface area contributed by atoms with Crippen molar-refractivity contribution in [1.82, 2.24) is 23.7 Å². The Hall–Kier alpha value is -8.75. The van der Waals surface area contributed by atoms with E-state index < -0.39 is 11.7 Å². The lowest BCUT2D eigenvalue weighted by atomic mass is 10.0. The lowest BCUT2D eigenvalue weighted by molar-refractivity contribution is -0.137. The highest BCUT2D eigenvalue weighted by Gasteiger charge is 2.31. The van der Waals surface area contributed by atoms with Gasteiger partial charge in [0.25, 0.3) is 0 Å². The number of hydrogen-bond donors (Lipinski definition) is 0. The first-order valence-corrected chi connectivity index (χ1v) is 22.6. The number of aryl methyl sites for hydroxylation is 1. The van der Waals surface area contributed by atoms with Gasteiger partial charge in [-0.15, -0.1) is 0 Å². The molecule has 0 N–H and O–H groups in total. The summed E-state index contributed by atoms with van der Waals surface area (Å²) in [5, 5.41) is 6.74. The van der Waals surface area contributed by atoms with Crippen LogP contribution in [0, 0.1) is 6.92 Å². The van der Waals surface area contributed by atoms with Crippen LogP contribution in [0.3, 0.4) is 0 Å². The monoisotopic (exact) mass is 885 g/mol. The third-order valence-electron chi connectivity index (χ3n) is 13.4. The van der Waals surface area contributed by atoms with Gasteiger partial charge in [-0.3, -0.25) is 0 Å². The van der Waals surface area contributed by atoms with E-state index in [1.54, 1.807) is 0 Å². The Bertz CT molecular complexity index is 3840. The van der Waals surface area contributed by atoms with Crippen LogP contribution >= 0.6 is 0 Å². The fourth-order valence-corrected chi connectivity index (χ4v) is 10.3. The number of rotatable bonds is 6. The van der Waals surface area contributed by atoms with E-state index in [9.17, 15) is 13.2 Å². The smallest absolute Gasteiger partial charge is 0.307 e. The van der Waals surface area contributed by atoms with E-state index in [1.807, 2.05) is 37.3 Å². The van der Waals surface area contributed by atoms with Crippen LogP contribution < -0.4 is 0 Å². The van der Waals surface area contributed by atoms with Crippen LogP contribution in [0.15, 0.2) is 212 Å². The largest absolute Gasteiger partial charge is 0.416 e. The van der Waals surface area contributed by atoms with Crippen molar-refractivity contribution in [3.8, 4) is 51.0 Å². The Morgan fingerprint density at radius 1 is 0.353 bits per heavy atom. The molecule has 0 amide bonds. The minimum atomic E-state index is -4.49. The molecule has 0 fully saturated rings. The minimum Gasteiger partial charge on any atom is -0.307 e. The van der Waals surface area contributed by atoms with Gasteiger partial charge in [0.05, 0.1) is 67.1 Å². The lowest BCUT2D eigenvalue weighted by Crippen LogP contribution is -2.10. The van der Waals surface area contributed by atoms with Gasteiger partial charge in [-0.25, -0.2) is 9.97 Å². The van der Waals surface area contributed by atoms with Gasteiger partial charge in [0, 0.05) is 49.0 Å². The van der Waals surface area contributed by atoms with Crippen molar-refractivity contribution in [2.24, 2.45) is 0 Å². The molecule has 9 aromatic carbocycles. The molecule has 5 nitrogen and oxygen atoms in total. The van der Waals surface area contributed by atoms with E-state index in [1.165, 1.54) is 12.1 Å². The average Bonchev–Trinajstić information content (AvgIpc) is 4.02. The van der Waals surface area contributed by atoms with Crippen LogP contribution in [0.4, 0.5) is 13.2 Å². The van der Waals surface area contributed by atoms with Gasteiger partial charge in [0.2, 0.25) is 0 Å². The zero-order valence-corrected chi connectivity index (χ0v) is 36.6. The maximum Gasteiger partial charge on any atom is 0.416 e. The van der Waals surface area contributed by atoms with E-state index in [-0.39, 0.29) is 0 Å². The van der Waals surface area contributed by atoms with E-state index in [2.05, 4.69) is 171 Å². The van der Waals surface area contributed by atoms with Gasteiger partial charge in [0.15, 0.2) is 5.82 Å². The summed E-state index contributed by atoms with van der Waals surface area (Å²) >= 11 is 0. The predicted octanol–water partition coefficient (Wildman–Crippen LogP) is 16.1. The molecule has 0 saturated heterocycles. The molecule has 0 spiro atoms. The van der Waals surface area contributed by atoms with Crippen molar-refractivity contribution in [2.45, 2.75) is 13.1 Å². The van der Waals surface area contributed by atoms with Crippen LogP contribution in [0.1, 0.15) is 11.1 Å². The van der Waals surface area contributed by atoms with Crippen LogP contribution in [-0.2, 0) is 6.18 Å². The molecular weight excluding hydrogens is 848 g/mol. The number of hydrogen-bond acceptors (Lipinski definition) is 2. The SMILES string of the molecule is Cc1ccc(-c2cc(-c3cc(-n4c5ccccc5c5ccccc54)c(-n4c5ccccc5c5ccccc54)c(-n4c5ccccc5c5ccccc54)c3)nc(-c3ccc(C(F)(F)F)cc3)n2)cc1. The van der Waals surface area contributed by atoms with Crippen molar-refractivity contribution in [2.75, 3.05) is 0 Å². The van der Waals surface area contributed by atoms with Gasteiger partial charge in [0.1, 0.15) is 0 Å². The van der Waals surface area contributed by atoms with Gasteiger partial charge in [-0.1, -0.05) is 151 Å². The number of alkyl halides is 3. The maximum absolute atomic E-state index is 13.9. The summed E-state index contributed by atoms with van der Waals surface area (Å²) in [4.78, 5) is 10.3. The first-order valence-electron chi connectivity index (χ1n) is 22.6. The molecule has 13 aromatic rings. The number of fused-ring (bicyclic) bond motifs is 9. The molecule has 0 radical (unpaired) electrons. The number of benzene rings is 9. The molecule has 4 aromatic heterocycles. The molecule has 8 heteroatoms. The first kappa shape index (κ1) is 39.6. The molecule has 0 saturated carbocycles. The fourth-order valence-electron chi connectivity index (χ4n) is 10.3. The van der Waals surface area contributed by atoms with Crippen molar-refractivity contribution in [1.29, 1.82) is 0 Å². The molecule has 0 aliphatic rings. The summed E-state index contributed by atoms with van der Waals surface area (Å²) in [5.41, 5.74) is 12.8. The van der Waals surface area contributed by atoms with E-state index >= 15 is 0 Å². The number of nitrogens with zero attached hydrogens (tertiary/aromatic N) is 5. The summed E-state index contributed by atoms with van der Waals surface area (Å²) in [6, 6.07) is 71.0. The van der Waals surface area contributed by atoms with E-state index in [0.29, 0.717) is 22.8 Å². The second kappa shape index (κ2) is 15.2. The molecule has 4 heterocycles. The second-order valence-corrected chi connectivity index (χ2v) is 17.4. The predicted molar refractivity (Wildman–Crippen MR) is 271 cm³/mol. The highest BCUT2D eigenvalue weighted by molar-refractivity contribution is 6.14. The molecule has 0 aliphatic heterocycles. The van der Waals surface area contributed by atoms with Crippen molar-refractivity contribution < 1.29 is 13.2 Å². The van der Waals surface area contributed by atoms with Gasteiger partial charge in [-0.05, 0) is 73.7 Å². The molecule has 324 valence electrons. The van der Waals surface area contributed by atoms with Crippen LogP contribution in [0.5, 0.6) is 0 Å². The van der Waals surface area contributed by atoms with E-state index in [0.717, 1.165) is 111 Å². The first-order chi connectivity index (χ1) is 33.3. The number of para-hydroxylation sites is 6. The Morgan fingerprint density at radius 3 is 1.07 bits per heavy atom. The summed E-state index contributed by atoms with van der Waals surface area (Å²) in [6.45, 7) is 2.04. The van der Waals surface area contributed by atoms with Crippen molar-refractivity contribution >= 4 is 65.4 Å². The Kier molecular flexibility index (Phi) is 8.82. The Labute approximate surface area is 388 Å². The molecule has 0 unspecified atom stereocenters. The van der Waals surface area contributed by atoms with Gasteiger partial charge in [-0.2, -0.15) is 13.2 Å². The summed E-state index contributed by atoms with van der Waals surface area (Å²) in [6.07, 6.45) is -4.49. The Balaban J connectivity index is 1.23. The lowest BCUT2D eigenvalue weighted by Gasteiger charge is -2.23. The highest BCUT2D eigenvalue weighted by atomic mass is 19.4. The maximum atomic E-state index is 13.9. The molecule has 13 rings (SSSR count). The standard InChI is InChI=1S/C60H38F3N5/c1-37-26-28-38(29-27-37)48-36-49(65-59(64-48)39-30-32-41(33-31-39)60(61,62)63)40-34-56(66-50-20-8-2-14-42(50)43-15-3-9-21-51(43)66)58(68-54-24-12-6-18-46(54)47-19-7-13-25-55(47)68)57(35-40)67-52-22-10-4-16-44(52)45-17-5-11-23-53(45)67/h2-36H,1H3. The van der Waals surface area contributed by atoms with E-state index in [4.69, 9.17) is 9.97 Å². The number of aromatic nitrogens is 5. The zero-order valence-electron chi connectivity index (χ0n) is 36.6. The molecule has 0 atom stereocenters. The van der Waals surface area contributed by atoms with Gasteiger partial charge >= 0.3 is 6.18 Å². The van der Waals surface area contributed by atoms with Crippen molar-refractivity contribution in [3.05, 3.63) is 223 Å². The van der Waals surface area contributed by atoms with Crippen molar-refractivity contribution in [3.63, 3.8) is 0 Å². The average molecular weight is 886 g/mol. The topological polar surface area (TPSA) is 40.6 Å². The number of halogens is 3. The summed E-state index contributed by atoms with van der Waals surface area (Å²) in [5.74, 6) is 0.315. The third kappa shape index (κ3) is 6.18. The second-order valence-electron chi connectivity index (χ2n) is 17.4. The minimum absolute atomic E-state index is 0.315. The van der Waals surface area contributed by atoms with Crippen LogP contribution in [-0.4, -0.2) is 23.7 Å². The summed E-state index contributed by atoms with van der Waals surface area (Å²) in [7, 11) is 0. The fraction of sp³-hybridized carbons (Fsp3) is 0.0333. The van der Waals surface area contributed by atoms with Crippen LogP contribution in [0.2, 0.25) is 0 Å². The Morgan fingerprint density at radius 2 is 0.691 bits per heavy atom. The normalized spacial score (nSPS) is 12.1. The molecule has 0 bridgehead atoms. The zero-order chi connectivity index (χ0) is 45.7. The molecular formula is C60H38F3N5. The third-order valence-corrected chi connectivity index (χ3v) is 13.4. The highest BCUT2D eigenvalue weighted by Crippen LogP contribution is 2.45. The van der Waals surface area contributed by atoms with Gasteiger partial charge < -0.3 is 13.7 Å². The summed E-state index contributed by atoms with van der Waals surface area (Å²) < 4.78 is 48.9.